The topological polar surface area (TPSA) is 12.0 Å². The number of benzene rings is 1. The van der Waals surface area contributed by atoms with E-state index >= 15 is 0 Å². The molecule has 1 heteroatoms. The van der Waals surface area contributed by atoms with Crippen molar-refractivity contribution in [2.24, 2.45) is 11.8 Å². The van der Waals surface area contributed by atoms with Gasteiger partial charge in [0.05, 0.1) is 0 Å². The van der Waals surface area contributed by atoms with Crippen LogP contribution in [0.15, 0.2) is 24.3 Å². The Morgan fingerprint density at radius 3 is 2.68 bits per heavy atom. The van der Waals surface area contributed by atoms with Crippen LogP contribution in [-0.4, -0.2) is 13.1 Å². The van der Waals surface area contributed by atoms with Crippen molar-refractivity contribution in [3.63, 3.8) is 0 Å². The van der Waals surface area contributed by atoms with E-state index in [1.165, 1.54) is 44.1 Å². The molecule has 1 nitrogen and oxygen atoms in total. The zero-order valence-corrected chi connectivity index (χ0v) is 12.8. The van der Waals surface area contributed by atoms with Gasteiger partial charge in [-0.05, 0) is 62.6 Å². The van der Waals surface area contributed by atoms with Gasteiger partial charge in [-0.3, -0.25) is 0 Å². The molecule has 1 N–H and O–H groups in total. The maximum Gasteiger partial charge on any atom is 0.00957 e. The number of aryl methyl sites for hydroxylation is 1. The molecule has 1 aliphatic carbocycles. The molecule has 1 aromatic carbocycles. The lowest BCUT2D eigenvalue weighted by Crippen LogP contribution is -2.39. The van der Waals surface area contributed by atoms with E-state index in [1.807, 2.05) is 0 Å². The first-order valence-corrected chi connectivity index (χ1v) is 7.96. The number of rotatable bonds is 5. The number of nitrogens with one attached hydrogen (secondary N) is 1. The Morgan fingerprint density at radius 2 is 2.00 bits per heavy atom. The predicted octanol–water partition coefficient (Wildman–Crippen LogP) is 4.34. The SMILES string of the molecule is CCCC1CCC(NC)C(Cc2ccccc2C)C1. The molecule has 0 radical (unpaired) electrons. The first kappa shape index (κ1) is 14.6. The van der Waals surface area contributed by atoms with Gasteiger partial charge < -0.3 is 5.32 Å². The molecule has 1 aliphatic rings. The molecule has 1 saturated carbocycles. The second-order valence-electron chi connectivity index (χ2n) is 6.25. The van der Waals surface area contributed by atoms with E-state index in [2.05, 4.69) is 50.5 Å². The fourth-order valence-electron chi connectivity index (χ4n) is 3.76. The van der Waals surface area contributed by atoms with Crippen molar-refractivity contribution in [2.45, 2.75) is 58.4 Å². The summed E-state index contributed by atoms with van der Waals surface area (Å²) < 4.78 is 0. The van der Waals surface area contributed by atoms with E-state index in [1.54, 1.807) is 5.56 Å². The molecular formula is C18H29N. The molecule has 1 fully saturated rings. The lowest BCUT2D eigenvalue weighted by Gasteiger charge is -2.36. The largest absolute Gasteiger partial charge is 0.317 e. The van der Waals surface area contributed by atoms with Crippen molar-refractivity contribution in [2.75, 3.05) is 7.05 Å². The summed E-state index contributed by atoms with van der Waals surface area (Å²) in [5, 5.41) is 3.56. The third-order valence-electron chi connectivity index (χ3n) is 4.90. The minimum Gasteiger partial charge on any atom is -0.317 e. The van der Waals surface area contributed by atoms with E-state index in [0.717, 1.165) is 11.8 Å². The first-order chi connectivity index (χ1) is 9.24. The van der Waals surface area contributed by atoms with Gasteiger partial charge in [0.25, 0.3) is 0 Å². The maximum absolute atomic E-state index is 3.56. The van der Waals surface area contributed by atoms with Gasteiger partial charge in [-0.2, -0.15) is 0 Å². The monoisotopic (exact) mass is 259 g/mol. The molecule has 3 unspecified atom stereocenters. The van der Waals surface area contributed by atoms with E-state index < -0.39 is 0 Å². The minimum absolute atomic E-state index is 0.715. The second kappa shape index (κ2) is 7.09. The molecule has 2 rings (SSSR count). The lowest BCUT2D eigenvalue weighted by molar-refractivity contribution is 0.200. The Bertz CT molecular complexity index is 385. The summed E-state index contributed by atoms with van der Waals surface area (Å²) in [4.78, 5) is 0. The van der Waals surface area contributed by atoms with Gasteiger partial charge in [-0.25, -0.2) is 0 Å². The zero-order chi connectivity index (χ0) is 13.7. The molecule has 19 heavy (non-hydrogen) atoms. The second-order valence-corrected chi connectivity index (χ2v) is 6.25. The highest BCUT2D eigenvalue weighted by Gasteiger charge is 2.29. The average Bonchev–Trinajstić information content (AvgIpc) is 2.42. The van der Waals surface area contributed by atoms with Crippen LogP contribution in [0.1, 0.15) is 50.2 Å². The fraction of sp³-hybridized carbons (Fsp3) is 0.667. The molecule has 0 bridgehead atoms. The van der Waals surface area contributed by atoms with Crippen molar-refractivity contribution in [3.8, 4) is 0 Å². The summed E-state index contributed by atoms with van der Waals surface area (Å²) in [5.74, 6) is 1.78. The molecule has 1 aromatic rings. The summed E-state index contributed by atoms with van der Waals surface area (Å²) >= 11 is 0. The normalized spacial score (nSPS) is 27.4. The van der Waals surface area contributed by atoms with Gasteiger partial charge in [0.1, 0.15) is 0 Å². The van der Waals surface area contributed by atoms with E-state index in [4.69, 9.17) is 0 Å². The maximum atomic E-state index is 3.56. The predicted molar refractivity (Wildman–Crippen MR) is 83.5 cm³/mol. The molecule has 106 valence electrons. The van der Waals surface area contributed by atoms with Crippen molar-refractivity contribution in [1.82, 2.24) is 5.32 Å². The van der Waals surface area contributed by atoms with E-state index in [-0.39, 0.29) is 0 Å². The summed E-state index contributed by atoms with van der Waals surface area (Å²) in [6.07, 6.45) is 8.19. The highest BCUT2D eigenvalue weighted by molar-refractivity contribution is 5.26. The quantitative estimate of drug-likeness (QED) is 0.829. The van der Waals surface area contributed by atoms with Crippen LogP contribution in [0.3, 0.4) is 0 Å². The van der Waals surface area contributed by atoms with Crippen LogP contribution < -0.4 is 5.32 Å². The van der Waals surface area contributed by atoms with Crippen molar-refractivity contribution < 1.29 is 0 Å². The van der Waals surface area contributed by atoms with E-state index in [9.17, 15) is 0 Å². The summed E-state index contributed by atoms with van der Waals surface area (Å²) in [7, 11) is 2.13. The van der Waals surface area contributed by atoms with Crippen LogP contribution in [0, 0.1) is 18.8 Å². The van der Waals surface area contributed by atoms with Crippen LogP contribution in [-0.2, 0) is 6.42 Å². The summed E-state index contributed by atoms with van der Waals surface area (Å²) in [6.45, 7) is 4.57. The third-order valence-corrected chi connectivity index (χ3v) is 4.90. The molecule has 0 spiro atoms. The smallest absolute Gasteiger partial charge is 0.00957 e. The highest BCUT2D eigenvalue weighted by Crippen LogP contribution is 2.34. The lowest BCUT2D eigenvalue weighted by atomic mass is 9.73. The Balaban J connectivity index is 2.04. The fourth-order valence-corrected chi connectivity index (χ4v) is 3.76. The van der Waals surface area contributed by atoms with Gasteiger partial charge in [-0.15, -0.1) is 0 Å². The van der Waals surface area contributed by atoms with Gasteiger partial charge in [0.2, 0.25) is 0 Å². The van der Waals surface area contributed by atoms with Gasteiger partial charge in [0.15, 0.2) is 0 Å². The molecule has 0 amide bonds. The van der Waals surface area contributed by atoms with Crippen LogP contribution in [0.5, 0.6) is 0 Å². The summed E-state index contributed by atoms with van der Waals surface area (Å²) in [5.41, 5.74) is 3.00. The van der Waals surface area contributed by atoms with E-state index in [0.29, 0.717) is 6.04 Å². The minimum atomic E-state index is 0.715. The van der Waals surface area contributed by atoms with Gasteiger partial charge in [0, 0.05) is 6.04 Å². The van der Waals surface area contributed by atoms with Crippen LogP contribution in [0.4, 0.5) is 0 Å². The Morgan fingerprint density at radius 1 is 1.21 bits per heavy atom. The molecule has 0 aliphatic heterocycles. The van der Waals surface area contributed by atoms with Crippen molar-refractivity contribution in [1.29, 1.82) is 0 Å². The molecule has 3 atom stereocenters. The van der Waals surface area contributed by atoms with Crippen LogP contribution in [0.2, 0.25) is 0 Å². The van der Waals surface area contributed by atoms with Crippen LogP contribution in [0.25, 0.3) is 0 Å². The zero-order valence-electron chi connectivity index (χ0n) is 12.8. The molecule has 0 aromatic heterocycles. The molecule has 0 heterocycles. The molecular weight excluding hydrogens is 230 g/mol. The Labute approximate surface area is 118 Å². The Hall–Kier alpha value is -0.820. The Kier molecular flexibility index (Phi) is 5.45. The third kappa shape index (κ3) is 3.82. The van der Waals surface area contributed by atoms with Crippen LogP contribution >= 0.6 is 0 Å². The van der Waals surface area contributed by atoms with Crippen molar-refractivity contribution in [3.05, 3.63) is 35.4 Å². The van der Waals surface area contributed by atoms with Crippen molar-refractivity contribution >= 4 is 0 Å². The molecule has 0 saturated heterocycles. The summed E-state index contributed by atoms with van der Waals surface area (Å²) in [6, 6.07) is 9.60. The number of hydrogen-bond donors (Lipinski definition) is 1. The standard InChI is InChI=1S/C18H29N/c1-4-7-15-10-11-18(19-3)17(12-15)13-16-9-6-5-8-14(16)2/h5-6,8-9,15,17-19H,4,7,10-13H2,1-3H3. The highest BCUT2D eigenvalue weighted by atomic mass is 14.9. The van der Waals surface area contributed by atoms with Gasteiger partial charge in [-0.1, -0.05) is 44.0 Å². The number of hydrogen-bond acceptors (Lipinski definition) is 1. The van der Waals surface area contributed by atoms with Gasteiger partial charge >= 0.3 is 0 Å². The average molecular weight is 259 g/mol. The first-order valence-electron chi connectivity index (χ1n) is 7.96.